The third-order valence-electron chi connectivity index (χ3n) is 5.19. The molecule has 0 bridgehead atoms. The van der Waals surface area contributed by atoms with Crippen LogP contribution >= 0.6 is 0 Å². The first-order chi connectivity index (χ1) is 11.3. The number of benzene rings is 1. The van der Waals surface area contributed by atoms with E-state index in [-0.39, 0.29) is 0 Å². The highest BCUT2D eigenvalue weighted by atomic mass is 15.0. The Balaban J connectivity index is 1.73. The zero-order valence-corrected chi connectivity index (χ0v) is 13.0. The second-order valence-corrected chi connectivity index (χ2v) is 6.47. The van der Waals surface area contributed by atoms with E-state index in [0.717, 1.165) is 34.4 Å². The van der Waals surface area contributed by atoms with Crippen molar-refractivity contribution in [3.8, 4) is 0 Å². The molecular formula is C18H17BN4. The quantitative estimate of drug-likeness (QED) is 0.534. The Kier molecular flexibility index (Phi) is 2.65. The number of hydrogen-bond acceptors (Lipinski definition) is 3. The lowest BCUT2D eigenvalue weighted by atomic mass is 9.78. The highest BCUT2D eigenvalue weighted by Gasteiger charge is 2.40. The minimum absolute atomic E-state index is 0.305. The largest absolute Gasteiger partial charge is 0.375 e. The molecule has 0 radical (unpaired) electrons. The Morgan fingerprint density at radius 1 is 1.17 bits per heavy atom. The summed E-state index contributed by atoms with van der Waals surface area (Å²) in [5.41, 5.74) is 6.65. The topological polar surface area (TPSA) is 53.6 Å². The molecule has 0 saturated carbocycles. The number of hydrogen-bond donors (Lipinski definition) is 2. The van der Waals surface area contributed by atoms with Crippen molar-refractivity contribution in [1.82, 2.24) is 15.0 Å². The van der Waals surface area contributed by atoms with E-state index in [1.54, 1.807) is 6.33 Å². The van der Waals surface area contributed by atoms with Gasteiger partial charge >= 0.3 is 0 Å². The SMILES string of the molecule is Bc1nc2c(c3[nH]cnc13)NC(c1ccccc1)C1CC=CC21. The maximum Gasteiger partial charge on any atom is 0.166 e. The molecule has 1 aromatic carbocycles. The van der Waals surface area contributed by atoms with Crippen LogP contribution in [0.15, 0.2) is 48.8 Å². The molecule has 2 aromatic heterocycles. The lowest BCUT2D eigenvalue weighted by molar-refractivity contribution is 0.420. The number of rotatable bonds is 1. The van der Waals surface area contributed by atoms with Crippen LogP contribution in [0.1, 0.15) is 29.6 Å². The Morgan fingerprint density at radius 2 is 2.04 bits per heavy atom. The van der Waals surface area contributed by atoms with Crippen LogP contribution in [-0.4, -0.2) is 22.8 Å². The highest BCUT2D eigenvalue weighted by Crippen LogP contribution is 2.49. The summed E-state index contributed by atoms with van der Waals surface area (Å²) in [4.78, 5) is 12.6. The van der Waals surface area contributed by atoms with E-state index in [9.17, 15) is 0 Å². The minimum Gasteiger partial charge on any atom is -0.375 e. The van der Waals surface area contributed by atoms with Gasteiger partial charge in [-0.2, -0.15) is 0 Å². The van der Waals surface area contributed by atoms with E-state index in [0.29, 0.717) is 17.9 Å². The molecule has 0 amide bonds. The van der Waals surface area contributed by atoms with Gasteiger partial charge in [0.2, 0.25) is 0 Å². The van der Waals surface area contributed by atoms with Crippen LogP contribution < -0.4 is 10.9 Å². The first-order valence-corrected chi connectivity index (χ1v) is 8.14. The van der Waals surface area contributed by atoms with E-state index >= 15 is 0 Å². The maximum absolute atomic E-state index is 4.89. The molecule has 2 N–H and O–H groups in total. The molecule has 0 spiro atoms. The number of nitrogens with one attached hydrogen (secondary N) is 2. The van der Waals surface area contributed by atoms with Gasteiger partial charge in [0.15, 0.2) is 7.85 Å². The third kappa shape index (κ3) is 1.79. The van der Waals surface area contributed by atoms with Crippen LogP contribution in [0.25, 0.3) is 11.0 Å². The van der Waals surface area contributed by atoms with Crippen molar-refractivity contribution in [3.05, 3.63) is 60.1 Å². The van der Waals surface area contributed by atoms with Gasteiger partial charge in [0.1, 0.15) is 5.52 Å². The predicted molar refractivity (Wildman–Crippen MR) is 94.9 cm³/mol. The van der Waals surface area contributed by atoms with Gasteiger partial charge in [-0.3, -0.25) is 4.98 Å². The Hall–Kier alpha value is -2.56. The van der Waals surface area contributed by atoms with Crippen LogP contribution in [-0.2, 0) is 0 Å². The van der Waals surface area contributed by atoms with E-state index in [2.05, 4.69) is 57.8 Å². The van der Waals surface area contributed by atoms with Gasteiger partial charge in [-0.15, -0.1) is 0 Å². The van der Waals surface area contributed by atoms with Crippen LogP contribution in [0.4, 0.5) is 5.69 Å². The molecule has 3 atom stereocenters. The Labute approximate surface area is 135 Å². The summed E-state index contributed by atoms with van der Waals surface area (Å²) in [5, 5.41) is 3.77. The number of nitrogens with zero attached hydrogens (tertiary/aromatic N) is 2. The summed E-state index contributed by atoms with van der Waals surface area (Å²) < 4.78 is 0. The second-order valence-electron chi connectivity index (χ2n) is 6.47. The Bertz CT molecular complexity index is 915. The Morgan fingerprint density at radius 3 is 2.91 bits per heavy atom. The smallest absolute Gasteiger partial charge is 0.166 e. The molecular weight excluding hydrogens is 283 g/mol. The zero-order chi connectivity index (χ0) is 15.4. The number of aromatic nitrogens is 3. The van der Waals surface area contributed by atoms with Crippen molar-refractivity contribution in [3.63, 3.8) is 0 Å². The average molecular weight is 300 g/mol. The van der Waals surface area contributed by atoms with Crippen LogP contribution in [0, 0.1) is 5.92 Å². The van der Waals surface area contributed by atoms with E-state index in [1.165, 1.54) is 5.56 Å². The first kappa shape index (κ1) is 12.9. The van der Waals surface area contributed by atoms with E-state index < -0.39 is 0 Å². The van der Waals surface area contributed by atoms with Crippen LogP contribution in [0.3, 0.4) is 0 Å². The predicted octanol–water partition coefficient (Wildman–Crippen LogP) is 2.04. The number of anilines is 1. The molecule has 112 valence electrons. The molecule has 3 heterocycles. The van der Waals surface area contributed by atoms with Crippen molar-refractivity contribution in [2.24, 2.45) is 5.92 Å². The molecule has 3 unspecified atom stereocenters. The molecule has 1 aliphatic heterocycles. The number of pyridine rings is 1. The van der Waals surface area contributed by atoms with Gasteiger partial charge in [0.25, 0.3) is 0 Å². The van der Waals surface area contributed by atoms with Crippen molar-refractivity contribution in [2.75, 3.05) is 5.32 Å². The molecule has 2 aliphatic rings. The molecule has 23 heavy (non-hydrogen) atoms. The number of H-pyrrole nitrogens is 1. The van der Waals surface area contributed by atoms with Gasteiger partial charge in [0, 0.05) is 11.5 Å². The fourth-order valence-corrected chi connectivity index (χ4v) is 4.13. The van der Waals surface area contributed by atoms with Gasteiger partial charge in [-0.1, -0.05) is 42.5 Å². The minimum atomic E-state index is 0.305. The summed E-state index contributed by atoms with van der Waals surface area (Å²) in [6.45, 7) is 0. The molecule has 3 aromatic rings. The highest BCUT2D eigenvalue weighted by molar-refractivity contribution is 6.36. The molecule has 5 rings (SSSR count). The fourth-order valence-electron chi connectivity index (χ4n) is 4.13. The molecule has 4 nitrogen and oxygen atoms in total. The summed E-state index contributed by atoms with van der Waals surface area (Å²) >= 11 is 0. The standard InChI is InChI=1S/C18H17BN4/c19-18-17-15(20-9-21-17)16-14(23-18)12-8-4-7-11(12)13(22-16)10-5-2-1-3-6-10/h1-6,8-9,11-13,22H,7,19H2,(H,20,21). The lowest BCUT2D eigenvalue weighted by Crippen LogP contribution is -2.31. The molecule has 0 saturated heterocycles. The maximum atomic E-state index is 4.89. The van der Waals surface area contributed by atoms with E-state index in [1.807, 2.05) is 7.85 Å². The normalized spacial score (nSPS) is 25.1. The van der Waals surface area contributed by atoms with Gasteiger partial charge in [0.05, 0.1) is 29.3 Å². The van der Waals surface area contributed by atoms with E-state index in [4.69, 9.17) is 4.98 Å². The summed E-state index contributed by atoms with van der Waals surface area (Å²) in [5.74, 6) is 0.903. The summed E-state index contributed by atoms with van der Waals surface area (Å²) in [7, 11) is 2.04. The van der Waals surface area contributed by atoms with Gasteiger partial charge in [-0.25, -0.2) is 4.98 Å². The van der Waals surface area contributed by atoms with Gasteiger partial charge < -0.3 is 10.3 Å². The summed E-state index contributed by atoms with van der Waals surface area (Å²) in [6.07, 6.45) is 7.49. The fraction of sp³-hybridized carbons (Fsp3) is 0.222. The summed E-state index contributed by atoms with van der Waals surface area (Å²) in [6, 6.07) is 11.0. The first-order valence-electron chi connectivity index (χ1n) is 8.14. The molecule has 5 heteroatoms. The number of fused-ring (bicyclic) bond motifs is 5. The number of imidazole rings is 1. The van der Waals surface area contributed by atoms with Crippen LogP contribution in [0.2, 0.25) is 0 Å². The van der Waals surface area contributed by atoms with Crippen molar-refractivity contribution in [2.45, 2.75) is 18.4 Å². The second kappa shape index (κ2) is 4.72. The average Bonchev–Trinajstić information content (AvgIpc) is 3.25. The molecule has 1 aliphatic carbocycles. The monoisotopic (exact) mass is 300 g/mol. The third-order valence-corrected chi connectivity index (χ3v) is 5.19. The van der Waals surface area contributed by atoms with Crippen molar-refractivity contribution >= 4 is 30.2 Å². The van der Waals surface area contributed by atoms with Crippen molar-refractivity contribution in [1.29, 1.82) is 0 Å². The van der Waals surface area contributed by atoms with Crippen molar-refractivity contribution < 1.29 is 0 Å². The molecule has 0 fully saturated rings. The number of aromatic amines is 1. The number of allylic oxidation sites excluding steroid dienone is 2. The lowest BCUT2D eigenvalue weighted by Gasteiger charge is -2.37. The van der Waals surface area contributed by atoms with Gasteiger partial charge in [-0.05, 0) is 17.9 Å². The van der Waals surface area contributed by atoms with Crippen LogP contribution in [0.5, 0.6) is 0 Å². The zero-order valence-electron chi connectivity index (χ0n) is 13.0.